The first-order chi connectivity index (χ1) is 8.63. The fourth-order valence-electron chi connectivity index (χ4n) is 2.45. The van der Waals surface area contributed by atoms with Crippen LogP contribution in [0.25, 0.3) is 0 Å². The number of anilines is 1. The summed E-state index contributed by atoms with van der Waals surface area (Å²) in [5, 5.41) is 9.78. The molecule has 2 fully saturated rings. The minimum atomic E-state index is -0.172. The average Bonchev–Trinajstić information content (AvgIpc) is 3.16. The van der Waals surface area contributed by atoms with Gasteiger partial charge in [-0.2, -0.15) is 0 Å². The van der Waals surface area contributed by atoms with Crippen molar-refractivity contribution < 1.29 is 5.11 Å². The third kappa shape index (κ3) is 2.52. The van der Waals surface area contributed by atoms with E-state index in [-0.39, 0.29) is 6.10 Å². The molecule has 1 aromatic rings. The molecule has 2 heterocycles. The van der Waals surface area contributed by atoms with Crippen LogP contribution in [0.4, 0.5) is 5.82 Å². The standard InChI is InChI=1S/C13H18BrN3O/c1-8-7-17(5-4-10(8)18)12-6-11(14)15-13(16-12)9-2-3-9/h6,8-10,18H,2-5,7H2,1H3. The van der Waals surface area contributed by atoms with Gasteiger partial charge in [0.25, 0.3) is 0 Å². The van der Waals surface area contributed by atoms with Crippen molar-refractivity contribution in [3.05, 3.63) is 16.5 Å². The second-order valence-corrected chi connectivity index (χ2v) is 6.27. The molecule has 3 rings (SSSR count). The van der Waals surface area contributed by atoms with E-state index in [9.17, 15) is 5.11 Å². The Balaban J connectivity index is 1.82. The van der Waals surface area contributed by atoms with Crippen molar-refractivity contribution >= 4 is 21.7 Å². The van der Waals surface area contributed by atoms with Gasteiger partial charge in [0.2, 0.25) is 0 Å². The van der Waals surface area contributed by atoms with Crippen LogP contribution < -0.4 is 4.90 Å². The molecule has 98 valence electrons. The van der Waals surface area contributed by atoms with Crippen molar-refractivity contribution in [3.8, 4) is 0 Å². The maximum atomic E-state index is 9.78. The molecule has 1 saturated heterocycles. The predicted octanol–water partition coefficient (Wildman–Crippen LogP) is 2.32. The van der Waals surface area contributed by atoms with E-state index in [1.807, 2.05) is 6.07 Å². The summed E-state index contributed by atoms with van der Waals surface area (Å²) in [6.07, 6.45) is 3.08. The average molecular weight is 312 g/mol. The summed E-state index contributed by atoms with van der Waals surface area (Å²) in [6.45, 7) is 3.84. The highest BCUT2D eigenvalue weighted by Gasteiger charge is 2.29. The number of piperidine rings is 1. The summed E-state index contributed by atoms with van der Waals surface area (Å²) < 4.78 is 0.869. The van der Waals surface area contributed by atoms with E-state index in [1.165, 1.54) is 12.8 Å². The maximum absolute atomic E-state index is 9.78. The molecule has 2 unspecified atom stereocenters. The van der Waals surface area contributed by atoms with E-state index < -0.39 is 0 Å². The van der Waals surface area contributed by atoms with Crippen LogP contribution in [-0.2, 0) is 0 Å². The minimum Gasteiger partial charge on any atom is -0.393 e. The van der Waals surface area contributed by atoms with Gasteiger partial charge in [0.05, 0.1) is 6.10 Å². The molecule has 2 aliphatic rings. The molecule has 1 N–H and O–H groups in total. The number of nitrogens with zero attached hydrogens (tertiary/aromatic N) is 3. The van der Waals surface area contributed by atoms with Crippen LogP contribution in [0, 0.1) is 5.92 Å². The van der Waals surface area contributed by atoms with Crippen molar-refractivity contribution in [1.29, 1.82) is 0 Å². The summed E-state index contributed by atoms with van der Waals surface area (Å²) in [6, 6.07) is 1.98. The van der Waals surface area contributed by atoms with Crippen molar-refractivity contribution in [2.45, 2.75) is 38.2 Å². The fraction of sp³-hybridized carbons (Fsp3) is 0.692. The predicted molar refractivity (Wildman–Crippen MR) is 73.7 cm³/mol. The van der Waals surface area contributed by atoms with Gasteiger partial charge in [0, 0.05) is 25.1 Å². The number of aromatic nitrogens is 2. The van der Waals surface area contributed by atoms with Crippen LogP contribution in [0.3, 0.4) is 0 Å². The molecule has 1 aliphatic heterocycles. The zero-order chi connectivity index (χ0) is 12.7. The number of hydrogen-bond acceptors (Lipinski definition) is 4. The van der Waals surface area contributed by atoms with Crippen LogP contribution in [0.1, 0.15) is 37.9 Å². The van der Waals surface area contributed by atoms with Gasteiger partial charge in [-0.25, -0.2) is 9.97 Å². The lowest BCUT2D eigenvalue weighted by Crippen LogP contribution is -2.42. The molecular formula is C13H18BrN3O. The first-order valence-electron chi connectivity index (χ1n) is 6.61. The van der Waals surface area contributed by atoms with Gasteiger partial charge < -0.3 is 10.0 Å². The Labute approximate surface area is 116 Å². The summed E-state index contributed by atoms with van der Waals surface area (Å²) in [5.74, 6) is 2.83. The van der Waals surface area contributed by atoms with Crippen molar-refractivity contribution in [3.63, 3.8) is 0 Å². The highest BCUT2D eigenvalue weighted by Crippen LogP contribution is 2.39. The molecule has 18 heavy (non-hydrogen) atoms. The van der Waals surface area contributed by atoms with E-state index in [0.717, 1.165) is 35.8 Å². The summed E-state index contributed by atoms with van der Waals surface area (Å²) in [4.78, 5) is 11.4. The number of aliphatic hydroxyl groups excluding tert-OH is 1. The molecular weight excluding hydrogens is 294 g/mol. The third-order valence-electron chi connectivity index (χ3n) is 3.83. The molecule has 0 radical (unpaired) electrons. The van der Waals surface area contributed by atoms with Gasteiger partial charge in [0.1, 0.15) is 16.2 Å². The summed E-state index contributed by atoms with van der Waals surface area (Å²) in [5.41, 5.74) is 0. The Kier molecular flexibility index (Phi) is 3.28. The SMILES string of the molecule is CC1CN(c2cc(Br)nc(C3CC3)n2)CCC1O. The van der Waals surface area contributed by atoms with Crippen LogP contribution >= 0.6 is 15.9 Å². The molecule has 0 spiro atoms. The third-order valence-corrected chi connectivity index (χ3v) is 4.23. The molecule has 0 bridgehead atoms. The second kappa shape index (κ2) is 4.78. The highest BCUT2D eigenvalue weighted by atomic mass is 79.9. The Morgan fingerprint density at radius 3 is 2.78 bits per heavy atom. The fourth-order valence-corrected chi connectivity index (χ4v) is 2.84. The lowest BCUT2D eigenvalue weighted by Gasteiger charge is -2.35. The topological polar surface area (TPSA) is 49.2 Å². The summed E-state index contributed by atoms with van der Waals surface area (Å²) in [7, 11) is 0. The van der Waals surface area contributed by atoms with Gasteiger partial charge in [-0.3, -0.25) is 0 Å². The van der Waals surface area contributed by atoms with E-state index in [4.69, 9.17) is 0 Å². The van der Waals surface area contributed by atoms with Crippen LogP contribution in [-0.4, -0.2) is 34.3 Å². The van der Waals surface area contributed by atoms with E-state index >= 15 is 0 Å². The molecule has 1 aliphatic carbocycles. The number of rotatable bonds is 2. The minimum absolute atomic E-state index is 0.172. The van der Waals surface area contributed by atoms with E-state index in [1.54, 1.807) is 0 Å². The number of hydrogen-bond donors (Lipinski definition) is 1. The Morgan fingerprint density at radius 2 is 2.11 bits per heavy atom. The number of aliphatic hydroxyl groups is 1. The normalized spacial score (nSPS) is 28.5. The Morgan fingerprint density at radius 1 is 1.33 bits per heavy atom. The van der Waals surface area contributed by atoms with E-state index in [0.29, 0.717) is 11.8 Å². The zero-order valence-corrected chi connectivity index (χ0v) is 12.1. The van der Waals surface area contributed by atoms with Crippen LogP contribution in [0.5, 0.6) is 0 Å². The molecule has 4 nitrogen and oxygen atoms in total. The van der Waals surface area contributed by atoms with Crippen LogP contribution in [0.2, 0.25) is 0 Å². The van der Waals surface area contributed by atoms with Gasteiger partial charge in [-0.1, -0.05) is 6.92 Å². The molecule has 1 saturated carbocycles. The lowest BCUT2D eigenvalue weighted by atomic mass is 9.97. The van der Waals surface area contributed by atoms with E-state index in [2.05, 4.69) is 37.7 Å². The van der Waals surface area contributed by atoms with Gasteiger partial charge in [-0.15, -0.1) is 0 Å². The molecule has 5 heteroatoms. The molecule has 0 aromatic carbocycles. The van der Waals surface area contributed by atoms with Gasteiger partial charge in [-0.05, 0) is 41.1 Å². The quantitative estimate of drug-likeness (QED) is 0.852. The Hall–Kier alpha value is -0.680. The van der Waals surface area contributed by atoms with Crippen molar-refractivity contribution in [2.24, 2.45) is 5.92 Å². The largest absolute Gasteiger partial charge is 0.393 e. The number of halogens is 1. The maximum Gasteiger partial charge on any atom is 0.135 e. The first-order valence-corrected chi connectivity index (χ1v) is 7.40. The molecule has 2 atom stereocenters. The molecule has 1 aromatic heterocycles. The van der Waals surface area contributed by atoms with Crippen LogP contribution in [0.15, 0.2) is 10.7 Å². The lowest BCUT2D eigenvalue weighted by molar-refractivity contribution is 0.0968. The van der Waals surface area contributed by atoms with Crippen molar-refractivity contribution in [1.82, 2.24) is 9.97 Å². The smallest absolute Gasteiger partial charge is 0.135 e. The second-order valence-electron chi connectivity index (χ2n) is 5.46. The summed E-state index contributed by atoms with van der Waals surface area (Å²) >= 11 is 3.48. The van der Waals surface area contributed by atoms with Crippen molar-refractivity contribution in [2.75, 3.05) is 18.0 Å². The monoisotopic (exact) mass is 311 g/mol. The van der Waals surface area contributed by atoms with Gasteiger partial charge in [0.15, 0.2) is 0 Å². The Bertz CT molecular complexity index is 450. The van der Waals surface area contributed by atoms with Gasteiger partial charge >= 0.3 is 0 Å². The molecule has 0 amide bonds. The highest BCUT2D eigenvalue weighted by molar-refractivity contribution is 9.10. The first kappa shape index (κ1) is 12.4. The zero-order valence-electron chi connectivity index (χ0n) is 10.5.